The predicted molar refractivity (Wildman–Crippen MR) is 141 cm³/mol. The molecule has 1 aliphatic heterocycles. The van der Waals surface area contributed by atoms with Crippen molar-refractivity contribution < 1.29 is 19.1 Å². The van der Waals surface area contributed by atoms with Crippen molar-refractivity contribution in [2.45, 2.75) is 26.2 Å². The molecule has 4 aromatic carbocycles. The van der Waals surface area contributed by atoms with E-state index in [9.17, 15) is 9.59 Å². The number of rotatable bonds is 7. The van der Waals surface area contributed by atoms with E-state index in [4.69, 9.17) is 9.47 Å². The maximum atomic E-state index is 13.0. The molecule has 182 valence electrons. The summed E-state index contributed by atoms with van der Waals surface area (Å²) in [6, 6.07) is 25.7. The maximum Gasteiger partial charge on any atom is 0.343 e. The Hall–Kier alpha value is -3.96. The third-order valence-corrected chi connectivity index (χ3v) is 6.70. The second-order valence-corrected chi connectivity index (χ2v) is 9.19. The van der Waals surface area contributed by atoms with E-state index >= 15 is 0 Å². The smallest absolute Gasteiger partial charge is 0.343 e. The third kappa shape index (κ3) is 5.31. The molecule has 0 unspecified atom stereocenters. The fourth-order valence-electron chi connectivity index (χ4n) is 4.68. The van der Waals surface area contributed by atoms with Crippen LogP contribution in [0.2, 0.25) is 0 Å². The van der Waals surface area contributed by atoms with Crippen molar-refractivity contribution in [1.29, 1.82) is 0 Å². The lowest BCUT2D eigenvalue weighted by atomic mass is 9.99. The van der Waals surface area contributed by atoms with Crippen molar-refractivity contribution in [3.63, 3.8) is 0 Å². The Kier molecular flexibility index (Phi) is 7.10. The molecule has 0 spiro atoms. The average molecular weight is 480 g/mol. The molecule has 0 N–H and O–H groups in total. The Labute approximate surface area is 211 Å². The molecule has 4 aromatic rings. The zero-order chi connectivity index (χ0) is 24.9. The first-order chi connectivity index (χ1) is 17.6. The van der Waals surface area contributed by atoms with Gasteiger partial charge in [-0.25, -0.2) is 9.59 Å². The fraction of sp³-hybridized carbons (Fsp3) is 0.226. The summed E-state index contributed by atoms with van der Waals surface area (Å²) in [5.41, 5.74) is 2.84. The second kappa shape index (κ2) is 10.8. The standard InChI is InChI=1S/C31H29NO4/c1-22-27-20-23(16-19-32-17-8-9-18-32)14-15-26(27)21-28(35-30(33)24-10-4-2-5-11-24)29(22)36-31(34)25-12-6-3-7-13-25/h2-7,10-15,20-21H,8-9,16-19H2,1H3. The number of benzene rings is 4. The molecule has 0 saturated carbocycles. The van der Waals surface area contributed by atoms with Crippen molar-refractivity contribution in [3.05, 3.63) is 107 Å². The highest BCUT2D eigenvalue weighted by Gasteiger charge is 2.21. The molecular formula is C31H29NO4. The summed E-state index contributed by atoms with van der Waals surface area (Å²) < 4.78 is 11.6. The highest BCUT2D eigenvalue weighted by Crippen LogP contribution is 2.38. The summed E-state index contributed by atoms with van der Waals surface area (Å²) in [7, 11) is 0. The van der Waals surface area contributed by atoms with Gasteiger partial charge in [0.2, 0.25) is 0 Å². The maximum absolute atomic E-state index is 13.0. The zero-order valence-corrected chi connectivity index (χ0v) is 20.4. The Bertz CT molecular complexity index is 1380. The molecule has 0 bridgehead atoms. The first kappa shape index (κ1) is 23.8. The summed E-state index contributed by atoms with van der Waals surface area (Å²) in [4.78, 5) is 28.3. The summed E-state index contributed by atoms with van der Waals surface area (Å²) in [6.45, 7) is 5.28. The van der Waals surface area contributed by atoms with Gasteiger partial charge in [-0.3, -0.25) is 0 Å². The molecule has 5 rings (SSSR count). The van der Waals surface area contributed by atoms with E-state index in [1.165, 1.54) is 31.5 Å². The van der Waals surface area contributed by atoms with Crippen LogP contribution in [0.5, 0.6) is 11.5 Å². The molecule has 36 heavy (non-hydrogen) atoms. The van der Waals surface area contributed by atoms with Gasteiger partial charge in [0, 0.05) is 12.1 Å². The van der Waals surface area contributed by atoms with Gasteiger partial charge in [-0.1, -0.05) is 54.6 Å². The van der Waals surface area contributed by atoms with Crippen molar-refractivity contribution in [3.8, 4) is 11.5 Å². The van der Waals surface area contributed by atoms with Crippen LogP contribution in [-0.2, 0) is 6.42 Å². The number of hydrogen-bond donors (Lipinski definition) is 0. The highest BCUT2D eigenvalue weighted by atomic mass is 16.6. The molecule has 0 radical (unpaired) electrons. The molecular weight excluding hydrogens is 450 g/mol. The van der Waals surface area contributed by atoms with Gasteiger partial charge >= 0.3 is 11.9 Å². The molecule has 1 heterocycles. The largest absolute Gasteiger partial charge is 0.419 e. The van der Waals surface area contributed by atoms with Gasteiger partial charge in [0.05, 0.1) is 11.1 Å². The Morgan fingerprint density at radius 3 is 2.03 bits per heavy atom. The molecule has 0 amide bonds. The van der Waals surface area contributed by atoms with Crippen LogP contribution in [0, 0.1) is 6.92 Å². The minimum atomic E-state index is -0.506. The number of hydrogen-bond acceptors (Lipinski definition) is 5. The van der Waals surface area contributed by atoms with E-state index in [2.05, 4.69) is 17.0 Å². The average Bonchev–Trinajstić information content (AvgIpc) is 3.44. The topological polar surface area (TPSA) is 55.8 Å². The van der Waals surface area contributed by atoms with Gasteiger partial charge in [-0.05, 0) is 85.9 Å². The van der Waals surface area contributed by atoms with Crippen LogP contribution in [0.4, 0.5) is 0 Å². The van der Waals surface area contributed by atoms with E-state index in [1.807, 2.05) is 25.1 Å². The van der Waals surface area contributed by atoms with Crippen LogP contribution in [0.15, 0.2) is 84.9 Å². The summed E-state index contributed by atoms with van der Waals surface area (Å²) in [5.74, 6) is -0.519. The number of ether oxygens (including phenoxy) is 2. The van der Waals surface area contributed by atoms with E-state index in [1.54, 1.807) is 54.6 Å². The lowest BCUT2D eigenvalue weighted by Gasteiger charge is -2.17. The van der Waals surface area contributed by atoms with Crippen LogP contribution in [0.1, 0.15) is 44.7 Å². The number of likely N-dealkylation sites (tertiary alicyclic amines) is 1. The van der Waals surface area contributed by atoms with Gasteiger partial charge < -0.3 is 14.4 Å². The van der Waals surface area contributed by atoms with Crippen molar-refractivity contribution >= 4 is 22.7 Å². The minimum Gasteiger partial charge on any atom is -0.419 e. The fourth-order valence-corrected chi connectivity index (χ4v) is 4.68. The highest BCUT2D eigenvalue weighted by molar-refractivity contribution is 5.97. The molecule has 5 nitrogen and oxygen atoms in total. The quantitative estimate of drug-likeness (QED) is 0.232. The Balaban J connectivity index is 1.50. The van der Waals surface area contributed by atoms with Gasteiger partial charge in [0.1, 0.15) is 0 Å². The zero-order valence-electron chi connectivity index (χ0n) is 20.4. The van der Waals surface area contributed by atoms with Gasteiger partial charge in [-0.15, -0.1) is 0 Å². The number of carbonyl (C=O) groups excluding carboxylic acids is 2. The van der Waals surface area contributed by atoms with Crippen LogP contribution < -0.4 is 9.47 Å². The molecule has 1 fully saturated rings. The summed E-state index contributed by atoms with van der Waals surface area (Å²) in [6.07, 6.45) is 3.51. The minimum absolute atomic E-state index is 0.225. The molecule has 5 heteroatoms. The Morgan fingerprint density at radius 1 is 0.778 bits per heavy atom. The summed E-state index contributed by atoms with van der Waals surface area (Å²) in [5, 5.41) is 1.90. The van der Waals surface area contributed by atoms with Gasteiger partial charge in [0.15, 0.2) is 11.5 Å². The van der Waals surface area contributed by atoms with Crippen LogP contribution in [-0.4, -0.2) is 36.5 Å². The van der Waals surface area contributed by atoms with Crippen LogP contribution in [0.25, 0.3) is 10.8 Å². The van der Waals surface area contributed by atoms with E-state index in [-0.39, 0.29) is 11.5 Å². The number of carbonyl (C=O) groups is 2. The Morgan fingerprint density at radius 2 is 1.39 bits per heavy atom. The lowest BCUT2D eigenvalue weighted by Crippen LogP contribution is -2.21. The summed E-state index contributed by atoms with van der Waals surface area (Å²) >= 11 is 0. The van der Waals surface area contributed by atoms with Crippen molar-refractivity contribution in [1.82, 2.24) is 4.90 Å². The predicted octanol–water partition coefficient (Wildman–Crippen LogP) is 6.22. The van der Waals surface area contributed by atoms with Crippen LogP contribution in [0.3, 0.4) is 0 Å². The van der Waals surface area contributed by atoms with E-state index in [0.29, 0.717) is 11.1 Å². The van der Waals surface area contributed by atoms with Gasteiger partial charge in [-0.2, -0.15) is 0 Å². The molecule has 1 aliphatic rings. The number of aryl methyl sites for hydroxylation is 1. The monoisotopic (exact) mass is 479 g/mol. The van der Waals surface area contributed by atoms with Crippen LogP contribution >= 0.6 is 0 Å². The number of nitrogens with zero attached hydrogens (tertiary/aromatic N) is 1. The van der Waals surface area contributed by atoms with E-state index in [0.717, 1.165) is 29.3 Å². The number of fused-ring (bicyclic) bond motifs is 1. The second-order valence-electron chi connectivity index (χ2n) is 9.19. The first-order valence-corrected chi connectivity index (χ1v) is 12.4. The van der Waals surface area contributed by atoms with Gasteiger partial charge in [0.25, 0.3) is 0 Å². The lowest BCUT2D eigenvalue weighted by molar-refractivity contribution is 0.0682. The molecule has 1 saturated heterocycles. The van der Waals surface area contributed by atoms with Crippen molar-refractivity contribution in [2.75, 3.05) is 19.6 Å². The SMILES string of the molecule is Cc1c(OC(=O)c2ccccc2)c(OC(=O)c2ccccc2)cc2ccc(CCN3CCCC3)cc12. The normalized spacial score (nSPS) is 13.6. The first-order valence-electron chi connectivity index (χ1n) is 12.4. The number of esters is 2. The van der Waals surface area contributed by atoms with E-state index < -0.39 is 11.9 Å². The molecule has 0 aliphatic carbocycles. The van der Waals surface area contributed by atoms with Crippen molar-refractivity contribution in [2.24, 2.45) is 0 Å². The molecule has 0 atom stereocenters. The third-order valence-electron chi connectivity index (χ3n) is 6.70. The molecule has 0 aromatic heterocycles.